The molecule has 4 heteroatoms. The van der Waals surface area contributed by atoms with Crippen molar-refractivity contribution in [2.75, 3.05) is 13.7 Å². The molecule has 0 aliphatic carbocycles. The lowest BCUT2D eigenvalue weighted by atomic mass is 10.2. The molecule has 0 aliphatic rings. The number of aromatic nitrogens is 1. The van der Waals surface area contributed by atoms with Crippen molar-refractivity contribution in [1.82, 2.24) is 10.3 Å². The van der Waals surface area contributed by atoms with E-state index in [1.165, 1.54) is 7.11 Å². The van der Waals surface area contributed by atoms with Crippen molar-refractivity contribution in [3.63, 3.8) is 0 Å². The van der Waals surface area contributed by atoms with Crippen LogP contribution in [0, 0.1) is 0 Å². The Bertz CT molecular complexity index is 402. The number of hydrogen-bond donors (Lipinski definition) is 1. The number of rotatable bonds is 6. The highest BCUT2D eigenvalue weighted by atomic mass is 16.5. The summed E-state index contributed by atoms with van der Waals surface area (Å²) in [6.07, 6.45) is 4.31. The van der Waals surface area contributed by atoms with Crippen LogP contribution in [-0.2, 0) is 9.53 Å². The molecular formula is C14H20N2O2. The molecule has 0 fully saturated rings. The third-order valence-corrected chi connectivity index (χ3v) is 2.73. The van der Waals surface area contributed by atoms with E-state index in [1.54, 1.807) is 6.20 Å². The Labute approximate surface area is 108 Å². The van der Waals surface area contributed by atoms with Crippen molar-refractivity contribution in [3.8, 4) is 0 Å². The van der Waals surface area contributed by atoms with Gasteiger partial charge < -0.3 is 10.1 Å². The van der Waals surface area contributed by atoms with Gasteiger partial charge in [-0.2, -0.15) is 0 Å². The number of esters is 1. The van der Waals surface area contributed by atoms with Gasteiger partial charge in [0, 0.05) is 24.4 Å². The van der Waals surface area contributed by atoms with Crippen LogP contribution < -0.4 is 5.32 Å². The van der Waals surface area contributed by atoms with Crippen LogP contribution in [0.5, 0.6) is 0 Å². The lowest BCUT2D eigenvalue weighted by Gasteiger charge is -2.11. The standard InChI is InChI=1S/C14H20N2O2/c1-4-12(14(17)18-3)8-10-15-11(2)13-7-5-6-9-16-13/h5-9,11,15H,4,10H2,1-3H3/b12-8-/t11-/m0/s1. The van der Waals surface area contributed by atoms with Crippen LogP contribution in [-0.4, -0.2) is 24.6 Å². The summed E-state index contributed by atoms with van der Waals surface area (Å²) in [7, 11) is 1.40. The normalized spacial score (nSPS) is 13.2. The molecule has 0 spiro atoms. The number of carbonyl (C=O) groups excluding carboxylic acids is 1. The van der Waals surface area contributed by atoms with Gasteiger partial charge in [-0.1, -0.05) is 19.1 Å². The zero-order chi connectivity index (χ0) is 13.4. The average Bonchev–Trinajstić information content (AvgIpc) is 2.43. The minimum atomic E-state index is -0.259. The number of carbonyl (C=O) groups is 1. The van der Waals surface area contributed by atoms with Crippen LogP contribution >= 0.6 is 0 Å². The van der Waals surface area contributed by atoms with Gasteiger partial charge in [0.25, 0.3) is 0 Å². The predicted octanol–water partition coefficient (Wildman–Crippen LogP) is 2.24. The van der Waals surface area contributed by atoms with E-state index < -0.39 is 0 Å². The van der Waals surface area contributed by atoms with E-state index in [0.29, 0.717) is 18.5 Å². The predicted molar refractivity (Wildman–Crippen MR) is 71.0 cm³/mol. The molecule has 0 unspecified atom stereocenters. The molecule has 0 aliphatic heterocycles. The Balaban J connectivity index is 2.50. The third-order valence-electron chi connectivity index (χ3n) is 2.73. The van der Waals surface area contributed by atoms with Gasteiger partial charge in [0.15, 0.2) is 0 Å². The fourth-order valence-electron chi connectivity index (χ4n) is 1.60. The summed E-state index contributed by atoms with van der Waals surface area (Å²) in [5.41, 5.74) is 1.68. The van der Waals surface area contributed by atoms with Crippen LogP contribution in [0.15, 0.2) is 36.0 Å². The fraction of sp³-hybridized carbons (Fsp3) is 0.429. The van der Waals surface area contributed by atoms with Crippen molar-refractivity contribution >= 4 is 5.97 Å². The largest absolute Gasteiger partial charge is 0.466 e. The van der Waals surface area contributed by atoms with Crippen LogP contribution in [0.1, 0.15) is 32.0 Å². The topological polar surface area (TPSA) is 51.2 Å². The van der Waals surface area contributed by atoms with E-state index in [4.69, 9.17) is 4.74 Å². The molecule has 0 bridgehead atoms. The molecule has 4 nitrogen and oxygen atoms in total. The Morgan fingerprint density at radius 3 is 2.89 bits per heavy atom. The van der Waals surface area contributed by atoms with Crippen molar-refractivity contribution in [1.29, 1.82) is 0 Å². The molecule has 1 N–H and O–H groups in total. The summed E-state index contributed by atoms with van der Waals surface area (Å²) in [5.74, 6) is -0.259. The highest BCUT2D eigenvalue weighted by Gasteiger charge is 2.07. The summed E-state index contributed by atoms with van der Waals surface area (Å²) >= 11 is 0. The first kappa shape index (κ1) is 14.4. The molecule has 98 valence electrons. The second kappa shape index (κ2) is 7.61. The molecule has 0 saturated carbocycles. The number of ether oxygens (including phenoxy) is 1. The van der Waals surface area contributed by atoms with Gasteiger partial charge in [-0.15, -0.1) is 0 Å². The number of nitrogens with one attached hydrogen (secondary N) is 1. The summed E-state index contributed by atoms with van der Waals surface area (Å²) in [5, 5.41) is 3.30. The molecule has 0 saturated heterocycles. The molecule has 0 amide bonds. The van der Waals surface area contributed by atoms with Crippen LogP contribution in [0.4, 0.5) is 0 Å². The second-order valence-electron chi connectivity index (χ2n) is 3.96. The fourth-order valence-corrected chi connectivity index (χ4v) is 1.60. The molecule has 0 aromatic carbocycles. The summed E-state index contributed by atoms with van der Waals surface area (Å²) in [6, 6.07) is 5.98. The van der Waals surface area contributed by atoms with E-state index in [9.17, 15) is 4.79 Å². The van der Waals surface area contributed by atoms with Gasteiger partial charge in [0.2, 0.25) is 0 Å². The lowest BCUT2D eigenvalue weighted by molar-refractivity contribution is -0.136. The van der Waals surface area contributed by atoms with Gasteiger partial charge in [-0.3, -0.25) is 4.98 Å². The highest BCUT2D eigenvalue weighted by molar-refractivity contribution is 5.88. The van der Waals surface area contributed by atoms with Gasteiger partial charge in [0.05, 0.1) is 12.8 Å². The monoisotopic (exact) mass is 248 g/mol. The highest BCUT2D eigenvalue weighted by Crippen LogP contribution is 2.08. The SMILES string of the molecule is CC/C(=C/CN[C@@H](C)c1ccccn1)C(=O)OC. The van der Waals surface area contributed by atoms with E-state index in [0.717, 1.165) is 5.69 Å². The number of methoxy groups -OCH3 is 1. The summed E-state index contributed by atoms with van der Waals surface area (Å²) < 4.78 is 4.70. The number of pyridine rings is 1. The quantitative estimate of drug-likeness (QED) is 0.619. The first-order chi connectivity index (χ1) is 8.69. The smallest absolute Gasteiger partial charge is 0.333 e. The maximum Gasteiger partial charge on any atom is 0.333 e. The van der Waals surface area contributed by atoms with E-state index >= 15 is 0 Å². The Morgan fingerprint density at radius 1 is 1.56 bits per heavy atom. The van der Waals surface area contributed by atoms with Gasteiger partial charge in [-0.05, 0) is 25.5 Å². The Morgan fingerprint density at radius 2 is 2.33 bits per heavy atom. The molecule has 1 heterocycles. The van der Waals surface area contributed by atoms with Crippen LogP contribution in [0.25, 0.3) is 0 Å². The van der Waals surface area contributed by atoms with Crippen molar-refractivity contribution in [3.05, 3.63) is 41.7 Å². The summed E-state index contributed by atoms with van der Waals surface area (Å²) in [4.78, 5) is 15.6. The van der Waals surface area contributed by atoms with Crippen molar-refractivity contribution < 1.29 is 9.53 Å². The Kier molecular flexibility index (Phi) is 6.08. The number of hydrogen-bond acceptors (Lipinski definition) is 4. The van der Waals surface area contributed by atoms with Gasteiger partial charge >= 0.3 is 5.97 Å². The molecule has 1 aromatic heterocycles. The Hall–Kier alpha value is -1.68. The third kappa shape index (κ3) is 4.30. The minimum absolute atomic E-state index is 0.151. The van der Waals surface area contributed by atoms with Crippen LogP contribution in [0.3, 0.4) is 0 Å². The van der Waals surface area contributed by atoms with Gasteiger partial charge in [-0.25, -0.2) is 4.79 Å². The first-order valence-corrected chi connectivity index (χ1v) is 6.10. The molecule has 0 radical (unpaired) electrons. The summed E-state index contributed by atoms with van der Waals surface area (Å²) in [6.45, 7) is 4.60. The van der Waals surface area contributed by atoms with Crippen LogP contribution in [0.2, 0.25) is 0 Å². The van der Waals surface area contributed by atoms with E-state index in [1.807, 2.05) is 38.1 Å². The van der Waals surface area contributed by atoms with Crippen molar-refractivity contribution in [2.24, 2.45) is 0 Å². The van der Waals surface area contributed by atoms with E-state index in [2.05, 4.69) is 10.3 Å². The van der Waals surface area contributed by atoms with Gasteiger partial charge in [0.1, 0.15) is 0 Å². The maximum atomic E-state index is 11.4. The molecule has 18 heavy (non-hydrogen) atoms. The zero-order valence-corrected chi connectivity index (χ0v) is 11.1. The average molecular weight is 248 g/mol. The zero-order valence-electron chi connectivity index (χ0n) is 11.1. The molecule has 1 aromatic rings. The minimum Gasteiger partial charge on any atom is -0.466 e. The van der Waals surface area contributed by atoms with E-state index in [-0.39, 0.29) is 12.0 Å². The molecular weight excluding hydrogens is 228 g/mol. The first-order valence-electron chi connectivity index (χ1n) is 6.10. The second-order valence-corrected chi connectivity index (χ2v) is 3.96. The molecule has 1 rings (SSSR count). The molecule has 1 atom stereocenters. The van der Waals surface area contributed by atoms with Crippen molar-refractivity contribution in [2.45, 2.75) is 26.3 Å². The lowest BCUT2D eigenvalue weighted by Crippen LogP contribution is -2.20. The maximum absolute atomic E-state index is 11.4. The number of nitrogens with zero attached hydrogens (tertiary/aromatic N) is 1.